The van der Waals surface area contributed by atoms with Crippen molar-refractivity contribution in [2.24, 2.45) is 0 Å². The lowest BCUT2D eigenvalue weighted by Gasteiger charge is -2.33. The van der Waals surface area contributed by atoms with Crippen LogP contribution >= 0.6 is 11.3 Å². The maximum atomic E-state index is 12.8. The molecule has 0 spiro atoms. The van der Waals surface area contributed by atoms with E-state index in [1.54, 1.807) is 18.3 Å². The van der Waals surface area contributed by atoms with Crippen LogP contribution in [0.25, 0.3) is 0 Å². The van der Waals surface area contributed by atoms with E-state index in [0.717, 1.165) is 6.54 Å². The van der Waals surface area contributed by atoms with Gasteiger partial charge < -0.3 is 9.67 Å². The fraction of sp³-hybridized carbons (Fsp3) is 0.438. The number of aromatic nitrogens is 1. The molecule has 0 atom stereocenters. The zero-order valence-electron chi connectivity index (χ0n) is 14.0. The summed E-state index contributed by atoms with van der Waals surface area (Å²) >= 11 is 1.70. The van der Waals surface area contributed by atoms with Crippen LogP contribution in [0.5, 0.6) is 0 Å². The maximum absolute atomic E-state index is 12.8. The summed E-state index contributed by atoms with van der Waals surface area (Å²) in [7, 11) is -3.67. The molecule has 2 aromatic heterocycles. The van der Waals surface area contributed by atoms with Crippen LogP contribution in [0.4, 0.5) is 0 Å². The van der Waals surface area contributed by atoms with Gasteiger partial charge >= 0.3 is 5.97 Å². The second-order valence-corrected chi connectivity index (χ2v) is 8.88. The number of hydrogen-bond acceptors (Lipinski definition) is 5. The molecule has 136 valence electrons. The molecule has 0 unspecified atom stereocenters. The number of piperazine rings is 1. The maximum Gasteiger partial charge on any atom is 0.352 e. The monoisotopic (exact) mass is 383 g/mol. The summed E-state index contributed by atoms with van der Waals surface area (Å²) in [5.41, 5.74) is -0.00240. The normalized spacial score (nSPS) is 17.0. The van der Waals surface area contributed by atoms with Gasteiger partial charge in [-0.1, -0.05) is 6.07 Å². The Morgan fingerprint density at radius 1 is 1.28 bits per heavy atom. The van der Waals surface area contributed by atoms with E-state index in [0.29, 0.717) is 32.7 Å². The van der Waals surface area contributed by atoms with Gasteiger partial charge in [0.05, 0.1) is 0 Å². The van der Waals surface area contributed by atoms with Gasteiger partial charge in [0.2, 0.25) is 10.0 Å². The first-order valence-corrected chi connectivity index (χ1v) is 10.4. The van der Waals surface area contributed by atoms with Gasteiger partial charge in [-0.25, -0.2) is 13.2 Å². The van der Waals surface area contributed by atoms with E-state index in [1.165, 1.54) is 26.0 Å². The van der Waals surface area contributed by atoms with Crippen molar-refractivity contribution in [2.75, 3.05) is 26.2 Å². The van der Waals surface area contributed by atoms with Crippen molar-refractivity contribution in [3.05, 3.63) is 40.3 Å². The van der Waals surface area contributed by atoms with Crippen LogP contribution in [-0.4, -0.2) is 59.4 Å². The fourth-order valence-corrected chi connectivity index (χ4v) is 5.17. The number of sulfonamides is 1. The first-order valence-electron chi connectivity index (χ1n) is 8.10. The highest BCUT2D eigenvalue weighted by Crippen LogP contribution is 2.22. The number of thiophene rings is 1. The Morgan fingerprint density at radius 2 is 2.00 bits per heavy atom. The summed E-state index contributed by atoms with van der Waals surface area (Å²) in [6, 6.07) is 5.34. The van der Waals surface area contributed by atoms with Gasteiger partial charge in [0, 0.05) is 50.3 Å². The van der Waals surface area contributed by atoms with Crippen molar-refractivity contribution in [1.29, 1.82) is 0 Å². The quantitative estimate of drug-likeness (QED) is 0.822. The van der Waals surface area contributed by atoms with Gasteiger partial charge in [-0.15, -0.1) is 11.3 Å². The Kier molecular flexibility index (Phi) is 5.28. The molecule has 1 aliphatic heterocycles. The van der Waals surface area contributed by atoms with E-state index in [2.05, 4.69) is 11.0 Å². The smallest absolute Gasteiger partial charge is 0.352 e. The summed E-state index contributed by atoms with van der Waals surface area (Å²) < 4.78 is 28.5. The van der Waals surface area contributed by atoms with Crippen LogP contribution < -0.4 is 0 Å². The molecular weight excluding hydrogens is 362 g/mol. The van der Waals surface area contributed by atoms with Crippen LogP contribution in [0.2, 0.25) is 0 Å². The molecule has 7 nitrogen and oxygen atoms in total. The third-order valence-electron chi connectivity index (χ3n) is 4.36. The molecule has 0 amide bonds. The predicted molar refractivity (Wildman–Crippen MR) is 95.4 cm³/mol. The molecule has 1 N–H and O–H groups in total. The average Bonchev–Trinajstić information content (AvgIpc) is 3.24. The highest BCUT2D eigenvalue weighted by Gasteiger charge is 2.30. The minimum atomic E-state index is -3.67. The Labute approximate surface area is 151 Å². The molecule has 0 saturated carbocycles. The first kappa shape index (κ1) is 18.1. The second-order valence-electron chi connectivity index (χ2n) is 5.91. The molecule has 1 aliphatic rings. The van der Waals surface area contributed by atoms with Crippen LogP contribution in [-0.2, 0) is 23.1 Å². The molecule has 25 heavy (non-hydrogen) atoms. The average molecular weight is 383 g/mol. The number of rotatable bonds is 6. The van der Waals surface area contributed by atoms with Crippen LogP contribution in [0.3, 0.4) is 0 Å². The van der Waals surface area contributed by atoms with Crippen molar-refractivity contribution in [2.45, 2.75) is 24.9 Å². The zero-order valence-corrected chi connectivity index (χ0v) is 15.6. The van der Waals surface area contributed by atoms with Gasteiger partial charge in [-0.05, 0) is 24.4 Å². The molecule has 3 heterocycles. The van der Waals surface area contributed by atoms with Gasteiger partial charge in [0.15, 0.2) is 0 Å². The molecule has 3 rings (SSSR count). The lowest BCUT2D eigenvalue weighted by atomic mass is 10.3. The summed E-state index contributed by atoms with van der Waals surface area (Å²) in [5, 5.41) is 11.2. The molecule has 1 saturated heterocycles. The molecule has 9 heteroatoms. The number of hydrogen-bond donors (Lipinski definition) is 1. The highest BCUT2D eigenvalue weighted by atomic mass is 32.2. The fourth-order valence-electron chi connectivity index (χ4n) is 2.97. The highest BCUT2D eigenvalue weighted by molar-refractivity contribution is 7.89. The Hall–Kier alpha value is -1.68. The van der Waals surface area contributed by atoms with Crippen molar-refractivity contribution < 1.29 is 18.3 Å². The lowest BCUT2D eigenvalue weighted by molar-refractivity contribution is 0.0685. The second kappa shape index (κ2) is 7.28. The van der Waals surface area contributed by atoms with E-state index >= 15 is 0 Å². The van der Waals surface area contributed by atoms with Gasteiger partial charge in [0.1, 0.15) is 10.6 Å². The Morgan fingerprint density at radius 3 is 2.52 bits per heavy atom. The SMILES string of the molecule is CCn1cc(S(=O)(=O)N2CCN(Cc3cccs3)CC2)cc1C(=O)O. The predicted octanol–water partition coefficient (Wildman–Crippen LogP) is 1.77. The molecule has 2 aromatic rings. The minimum Gasteiger partial charge on any atom is -0.477 e. The number of aromatic carboxylic acids is 1. The number of carbonyl (C=O) groups is 1. The third-order valence-corrected chi connectivity index (χ3v) is 7.08. The Bertz CT molecular complexity index is 835. The van der Waals surface area contributed by atoms with Crippen LogP contribution in [0.15, 0.2) is 34.7 Å². The van der Waals surface area contributed by atoms with E-state index in [1.807, 2.05) is 11.4 Å². The van der Waals surface area contributed by atoms with E-state index in [-0.39, 0.29) is 10.6 Å². The lowest BCUT2D eigenvalue weighted by Crippen LogP contribution is -2.48. The Balaban J connectivity index is 1.70. The van der Waals surface area contributed by atoms with Gasteiger partial charge in [0.25, 0.3) is 0 Å². The van der Waals surface area contributed by atoms with Crippen molar-refractivity contribution in [3.8, 4) is 0 Å². The first-order chi connectivity index (χ1) is 11.9. The third kappa shape index (κ3) is 3.79. The summed E-state index contributed by atoms with van der Waals surface area (Å²) in [6.45, 7) is 5.18. The number of carboxylic acids is 1. The molecule has 0 radical (unpaired) electrons. The molecule has 0 bridgehead atoms. The molecule has 1 fully saturated rings. The molecule has 0 aromatic carbocycles. The molecule has 0 aliphatic carbocycles. The van der Waals surface area contributed by atoms with Crippen LogP contribution in [0.1, 0.15) is 22.3 Å². The van der Waals surface area contributed by atoms with Crippen molar-refractivity contribution >= 4 is 27.3 Å². The minimum absolute atomic E-state index is 0.00240. The summed E-state index contributed by atoms with van der Waals surface area (Å²) in [4.78, 5) is 14.8. The molecular formula is C16H21N3O4S2. The van der Waals surface area contributed by atoms with Crippen molar-refractivity contribution in [1.82, 2.24) is 13.8 Å². The summed E-state index contributed by atoms with van der Waals surface area (Å²) in [6.07, 6.45) is 1.41. The standard InChI is InChI=1S/C16H21N3O4S2/c1-2-18-12-14(10-15(18)16(20)21)25(22,23)19-7-5-17(6-8-19)11-13-4-3-9-24-13/h3-4,9-10,12H,2,5-8,11H2,1H3,(H,20,21). The number of carboxylic acid groups (broad SMARTS) is 1. The zero-order chi connectivity index (χ0) is 18.0. The van der Waals surface area contributed by atoms with E-state index in [9.17, 15) is 18.3 Å². The topological polar surface area (TPSA) is 82.9 Å². The largest absolute Gasteiger partial charge is 0.477 e. The van der Waals surface area contributed by atoms with E-state index < -0.39 is 16.0 Å². The number of aryl methyl sites for hydroxylation is 1. The van der Waals surface area contributed by atoms with Crippen LogP contribution in [0, 0.1) is 0 Å². The van der Waals surface area contributed by atoms with E-state index in [4.69, 9.17) is 0 Å². The van der Waals surface area contributed by atoms with Gasteiger partial charge in [-0.2, -0.15) is 4.31 Å². The van der Waals surface area contributed by atoms with Gasteiger partial charge in [-0.3, -0.25) is 4.90 Å². The number of nitrogens with zero attached hydrogens (tertiary/aromatic N) is 3. The van der Waals surface area contributed by atoms with Crippen molar-refractivity contribution in [3.63, 3.8) is 0 Å². The summed E-state index contributed by atoms with van der Waals surface area (Å²) in [5.74, 6) is -1.12.